The normalized spacial score (nSPS) is 10.6. The second-order valence-electron chi connectivity index (χ2n) is 4.44. The van der Waals surface area contributed by atoms with Crippen molar-refractivity contribution in [3.8, 4) is 0 Å². The highest BCUT2D eigenvalue weighted by molar-refractivity contribution is 7.14. The first-order valence-corrected chi connectivity index (χ1v) is 7.31. The lowest BCUT2D eigenvalue weighted by atomic mass is 10.3. The van der Waals surface area contributed by atoms with Gasteiger partial charge in [-0.1, -0.05) is 17.3 Å². The van der Waals surface area contributed by atoms with E-state index in [0.29, 0.717) is 10.6 Å². The Morgan fingerprint density at radius 3 is 2.95 bits per heavy atom. The molecule has 0 saturated carbocycles. The molecule has 2 aromatic heterocycles. The van der Waals surface area contributed by atoms with Gasteiger partial charge in [0.1, 0.15) is 17.1 Å². The molecule has 8 heteroatoms. The summed E-state index contributed by atoms with van der Waals surface area (Å²) in [5, 5.41) is 12.8. The average molecular weight is 316 g/mol. The van der Waals surface area contributed by atoms with Crippen molar-refractivity contribution in [2.75, 3.05) is 12.4 Å². The summed E-state index contributed by atoms with van der Waals surface area (Å²) in [5.41, 5.74) is 1.84. The molecule has 22 heavy (non-hydrogen) atoms. The molecule has 2 heterocycles. The maximum absolute atomic E-state index is 12.1. The number of carbonyl (C=O) groups is 2. The van der Waals surface area contributed by atoms with Crippen LogP contribution in [-0.4, -0.2) is 34.0 Å². The van der Waals surface area contributed by atoms with Crippen molar-refractivity contribution in [3.05, 3.63) is 41.3 Å². The number of aromatic nitrogens is 3. The van der Waals surface area contributed by atoms with E-state index in [2.05, 4.69) is 20.4 Å². The number of ether oxygens (including phenoxy) is 1. The van der Waals surface area contributed by atoms with Gasteiger partial charge in [0.05, 0.1) is 18.2 Å². The number of methoxy groups -OCH3 is 1. The lowest BCUT2D eigenvalue weighted by Crippen LogP contribution is -2.20. The molecule has 0 saturated heterocycles. The number of amides is 1. The lowest BCUT2D eigenvalue weighted by Gasteiger charge is -2.05. The van der Waals surface area contributed by atoms with Crippen LogP contribution in [0.25, 0.3) is 11.0 Å². The van der Waals surface area contributed by atoms with Crippen LogP contribution in [0, 0.1) is 0 Å². The van der Waals surface area contributed by atoms with Crippen LogP contribution in [0.5, 0.6) is 0 Å². The predicted octanol–water partition coefficient (Wildman–Crippen LogP) is 1.92. The molecule has 0 aliphatic heterocycles. The highest BCUT2D eigenvalue weighted by atomic mass is 32.1. The molecule has 1 aromatic carbocycles. The van der Waals surface area contributed by atoms with E-state index >= 15 is 0 Å². The Kier molecular flexibility index (Phi) is 3.84. The molecule has 0 unspecified atom stereocenters. The summed E-state index contributed by atoms with van der Waals surface area (Å²) >= 11 is 1.26. The third kappa shape index (κ3) is 2.68. The summed E-state index contributed by atoms with van der Waals surface area (Å²) in [4.78, 5) is 23.7. The fourth-order valence-electron chi connectivity index (χ4n) is 2.01. The minimum absolute atomic E-state index is 0.0129. The van der Waals surface area contributed by atoms with Crippen molar-refractivity contribution in [2.45, 2.75) is 6.54 Å². The van der Waals surface area contributed by atoms with Gasteiger partial charge >= 0.3 is 5.97 Å². The van der Waals surface area contributed by atoms with E-state index in [4.69, 9.17) is 0 Å². The minimum atomic E-state index is -0.484. The number of esters is 1. The third-order valence-corrected chi connectivity index (χ3v) is 3.87. The van der Waals surface area contributed by atoms with Crippen LogP contribution < -0.4 is 5.32 Å². The monoisotopic (exact) mass is 316 g/mol. The number of nitrogens with zero attached hydrogens (tertiary/aromatic N) is 3. The van der Waals surface area contributed by atoms with Crippen LogP contribution in [0.15, 0.2) is 35.7 Å². The van der Waals surface area contributed by atoms with Gasteiger partial charge < -0.3 is 10.1 Å². The summed E-state index contributed by atoms with van der Waals surface area (Å²) < 4.78 is 6.18. The molecule has 0 spiro atoms. The number of hydrogen-bond acceptors (Lipinski definition) is 6. The predicted molar refractivity (Wildman–Crippen MR) is 81.8 cm³/mol. The van der Waals surface area contributed by atoms with Crippen molar-refractivity contribution < 1.29 is 14.3 Å². The van der Waals surface area contributed by atoms with Crippen LogP contribution in [-0.2, 0) is 16.1 Å². The largest absolute Gasteiger partial charge is 0.465 e. The summed E-state index contributed by atoms with van der Waals surface area (Å²) in [6.07, 6.45) is 0. The second kappa shape index (κ2) is 5.94. The van der Waals surface area contributed by atoms with Crippen molar-refractivity contribution in [2.24, 2.45) is 0 Å². The molecular weight excluding hydrogens is 304 g/mol. The Hall–Kier alpha value is -2.74. The van der Waals surface area contributed by atoms with Crippen molar-refractivity contribution >= 4 is 39.2 Å². The molecule has 0 fully saturated rings. The molecule has 0 bridgehead atoms. The molecule has 112 valence electrons. The quantitative estimate of drug-likeness (QED) is 0.743. The lowest BCUT2D eigenvalue weighted by molar-refractivity contribution is -0.116. The Balaban J connectivity index is 1.76. The number of fused-ring (bicyclic) bond motifs is 1. The molecular formula is C14H12N4O3S. The van der Waals surface area contributed by atoms with Crippen molar-refractivity contribution in [1.82, 2.24) is 15.0 Å². The smallest absolute Gasteiger partial charge is 0.340 e. The number of thiophene rings is 1. The van der Waals surface area contributed by atoms with Crippen molar-refractivity contribution in [3.63, 3.8) is 0 Å². The van der Waals surface area contributed by atoms with Crippen LogP contribution in [0.2, 0.25) is 0 Å². The zero-order chi connectivity index (χ0) is 15.5. The van der Waals surface area contributed by atoms with Crippen molar-refractivity contribution in [1.29, 1.82) is 0 Å². The summed E-state index contributed by atoms with van der Waals surface area (Å²) in [6.45, 7) is 0.0129. The van der Waals surface area contributed by atoms with Gasteiger partial charge in [-0.2, -0.15) is 0 Å². The Morgan fingerprint density at radius 1 is 1.32 bits per heavy atom. The zero-order valence-corrected chi connectivity index (χ0v) is 12.5. The Morgan fingerprint density at radius 2 is 2.14 bits per heavy atom. The fraction of sp³-hybridized carbons (Fsp3) is 0.143. The van der Waals surface area contributed by atoms with Gasteiger partial charge in [-0.25, -0.2) is 9.48 Å². The molecule has 0 radical (unpaired) electrons. The van der Waals surface area contributed by atoms with E-state index in [1.54, 1.807) is 11.4 Å². The molecule has 7 nitrogen and oxygen atoms in total. The van der Waals surface area contributed by atoms with E-state index < -0.39 is 5.97 Å². The number of carbonyl (C=O) groups excluding carboxylic acids is 2. The fourth-order valence-corrected chi connectivity index (χ4v) is 2.80. The van der Waals surface area contributed by atoms with Gasteiger partial charge in [0.15, 0.2) is 0 Å². The number of para-hydroxylation sites is 1. The molecule has 3 rings (SSSR count). The number of rotatable bonds is 4. The van der Waals surface area contributed by atoms with Gasteiger partial charge in [-0.15, -0.1) is 16.4 Å². The maximum Gasteiger partial charge on any atom is 0.340 e. The average Bonchev–Trinajstić information content (AvgIpc) is 3.14. The summed E-state index contributed by atoms with van der Waals surface area (Å²) in [6, 6.07) is 8.99. The topological polar surface area (TPSA) is 86.1 Å². The van der Waals surface area contributed by atoms with Crippen LogP contribution in [0.1, 0.15) is 10.4 Å². The van der Waals surface area contributed by atoms with E-state index in [1.807, 2.05) is 24.3 Å². The highest BCUT2D eigenvalue weighted by Gasteiger charge is 2.16. The molecule has 0 aliphatic carbocycles. The van der Waals surface area contributed by atoms with E-state index in [0.717, 1.165) is 11.0 Å². The van der Waals surface area contributed by atoms with Gasteiger partial charge in [-0.3, -0.25) is 4.79 Å². The SMILES string of the molecule is COC(=O)c1ccsc1NC(=O)Cn1nnc2ccccc21. The Labute approximate surface area is 129 Å². The highest BCUT2D eigenvalue weighted by Crippen LogP contribution is 2.24. The minimum Gasteiger partial charge on any atom is -0.465 e. The first-order valence-electron chi connectivity index (χ1n) is 6.43. The standard InChI is InChI=1S/C14H12N4O3S/c1-21-14(20)9-6-7-22-13(9)15-12(19)8-18-11-5-3-2-4-10(11)16-17-18/h2-7H,8H2,1H3,(H,15,19). The van der Waals surface area contributed by atoms with Crippen LogP contribution in [0.3, 0.4) is 0 Å². The number of benzene rings is 1. The van der Waals surface area contributed by atoms with Crippen LogP contribution >= 0.6 is 11.3 Å². The third-order valence-electron chi connectivity index (χ3n) is 3.04. The second-order valence-corrected chi connectivity index (χ2v) is 5.36. The molecule has 1 amide bonds. The van der Waals surface area contributed by atoms with Gasteiger partial charge in [0.25, 0.3) is 0 Å². The van der Waals surface area contributed by atoms with E-state index in [-0.39, 0.29) is 12.5 Å². The number of nitrogens with one attached hydrogen (secondary N) is 1. The van der Waals surface area contributed by atoms with Gasteiger partial charge in [0, 0.05) is 0 Å². The number of anilines is 1. The summed E-state index contributed by atoms with van der Waals surface area (Å²) in [5.74, 6) is -0.772. The zero-order valence-electron chi connectivity index (χ0n) is 11.6. The number of hydrogen-bond donors (Lipinski definition) is 1. The van der Waals surface area contributed by atoms with Crippen LogP contribution in [0.4, 0.5) is 5.00 Å². The molecule has 3 aromatic rings. The summed E-state index contributed by atoms with van der Waals surface area (Å²) in [7, 11) is 1.30. The maximum atomic E-state index is 12.1. The Bertz CT molecular complexity index is 839. The first kappa shape index (κ1) is 14.2. The van der Waals surface area contributed by atoms with Gasteiger partial charge in [0.2, 0.25) is 5.91 Å². The van der Waals surface area contributed by atoms with Gasteiger partial charge in [-0.05, 0) is 23.6 Å². The molecule has 0 aliphatic rings. The van der Waals surface area contributed by atoms with E-state index in [1.165, 1.54) is 23.1 Å². The first-order chi connectivity index (χ1) is 10.7. The molecule has 1 N–H and O–H groups in total. The van der Waals surface area contributed by atoms with E-state index in [9.17, 15) is 9.59 Å². The molecule has 0 atom stereocenters.